The zero-order valence-electron chi connectivity index (χ0n) is 12.4. The van der Waals surface area contributed by atoms with E-state index < -0.39 is 5.60 Å². The maximum Gasteiger partial charge on any atom is 0.179 e. The molecule has 0 radical (unpaired) electrons. The van der Waals surface area contributed by atoms with E-state index in [1.54, 1.807) is 21.3 Å². The van der Waals surface area contributed by atoms with Crippen LogP contribution in [0, 0.1) is 12.3 Å². The Morgan fingerprint density at radius 3 is 1.38 bits per heavy atom. The second-order valence-corrected chi connectivity index (χ2v) is 4.49. The molecule has 0 aromatic heterocycles. The molecule has 3 nitrogen and oxygen atoms in total. The molecule has 2 rings (SSSR count). The van der Waals surface area contributed by atoms with Crippen LogP contribution < -0.4 is 9.47 Å². The minimum Gasteiger partial charge on any atom is -0.497 e. The van der Waals surface area contributed by atoms with Crippen molar-refractivity contribution in [2.75, 3.05) is 21.3 Å². The number of ether oxygens (including phenoxy) is 3. The molecule has 0 aliphatic heterocycles. The molecule has 0 atom stereocenters. The van der Waals surface area contributed by atoms with Crippen LogP contribution in [-0.4, -0.2) is 21.3 Å². The second kappa shape index (κ2) is 6.34. The molecule has 2 aromatic rings. The summed E-state index contributed by atoms with van der Waals surface area (Å²) in [5, 5.41) is 0. The lowest BCUT2D eigenvalue weighted by atomic mass is 9.86. The van der Waals surface area contributed by atoms with Gasteiger partial charge in [0, 0.05) is 18.2 Å². The summed E-state index contributed by atoms with van der Waals surface area (Å²) in [6.07, 6.45) is 5.79. The molecule has 21 heavy (non-hydrogen) atoms. The van der Waals surface area contributed by atoms with Gasteiger partial charge in [-0.25, -0.2) is 0 Å². The Hall–Kier alpha value is -2.44. The van der Waals surface area contributed by atoms with Gasteiger partial charge >= 0.3 is 0 Å². The lowest BCUT2D eigenvalue weighted by molar-refractivity contribution is 0.0743. The number of methoxy groups -OCH3 is 3. The van der Waals surface area contributed by atoms with Gasteiger partial charge in [0.25, 0.3) is 0 Å². The molecule has 0 amide bonds. The van der Waals surface area contributed by atoms with Crippen LogP contribution in [0.25, 0.3) is 0 Å². The predicted octanol–water partition coefficient (Wildman–Crippen LogP) is 3.23. The van der Waals surface area contributed by atoms with Crippen LogP contribution in [0.1, 0.15) is 11.1 Å². The molecule has 0 unspecified atom stereocenters. The van der Waals surface area contributed by atoms with Crippen LogP contribution in [0.5, 0.6) is 11.5 Å². The molecule has 0 bridgehead atoms. The van der Waals surface area contributed by atoms with Gasteiger partial charge in [-0.1, -0.05) is 30.2 Å². The van der Waals surface area contributed by atoms with E-state index >= 15 is 0 Å². The van der Waals surface area contributed by atoms with Crippen LogP contribution in [0.4, 0.5) is 0 Å². The highest BCUT2D eigenvalue weighted by Gasteiger charge is 2.32. The Morgan fingerprint density at radius 1 is 0.762 bits per heavy atom. The van der Waals surface area contributed by atoms with Gasteiger partial charge in [-0.15, -0.1) is 6.42 Å². The van der Waals surface area contributed by atoms with Gasteiger partial charge in [-0.05, 0) is 24.3 Å². The van der Waals surface area contributed by atoms with Crippen molar-refractivity contribution in [2.24, 2.45) is 0 Å². The van der Waals surface area contributed by atoms with E-state index in [1.807, 2.05) is 48.5 Å². The first-order chi connectivity index (χ1) is 10.2. The smallest absolute Gasteiger partial charge is 0.179 e. The average molecular weight is 282 g/mol. The monoisotopic (exact) mass is 282 g/mol. The Morgan fingerprint density at radius 2 is 1.14 bits per heavy atom. The van der Waals surface area contributed by atoms with Crippen molar-refractivity contribution >= 4 is 0 Å². The molecule has 108 valence electrons. The first-order valence-corrected chi connectivity index (χ1v) is 6.52. The van der Waals surface area contributed by atoms with Gasteiger partial charge in [-0.2, -0.15) is 0 Å². The van der Waals surface area contributed by atoms with Gasteiger partial charge < -0.3 is 14.2 Å². The van der Waals surface area contributed by atoms with Crippen molar-refractivity contribution in [1.82, 2.24) is 0 Å². The highest BCUT2D eigenvalue weighted by Crippen LogP contribution is 2.34. The molecule has 0 heterocycles. The van der Waals surface area contributed by atoms with E-state index in [2.05, 4.69) is 5.92 Å². The van der Waals surface area contributed by atoms with Crippen molar-refractivity contribution in [3.8, 4) is 23.8 Å². The maximum absolute atomic E-state index is 5.79. The first-order valence-electron chi connectivity index (χ1n) is 6.52. The molecule has 0 spiro atoms. The number of benzene rings is 2. The standard InChI is InChI=1S/C18H18O3/c1-5-18(21-4,14-6-10-16(19-2)11-7-14)15-8-12-17(20-3)13-9-15/h1,6-13H,2-4H3. The van der Waals surface area contributed by atoms with E-state index in [-0.39, 0.29) is 0 Å². The van der Waals surface area contributed by atoms with Crippen molar-refractivity contribution in [3.63, 3.8) is 0 Å². The third-order valence-electron chi connectivity index (χ3n) is 3.50. The highest BCUT2D eigenvalue weighted by molar-refractivity contribution is 5.47. The molecule has 2 aromatic carbocycles. The van der Waals surface area contributed by atoms with Crippen LogP contribution >= 0.6 is 0 Å². The Kier molecular flexibility index (Phi) is 4.52. The lowest BCUT2D eigenvalue weighted by Crippen LogP contribution is -2.28. The summed E-state index contributed by atoms with van der Waals surface area (Å²) in [4.78, 5) is 0. The molecular weight excluding hydrogens is 264 g/mol. The van der Waals surface area contributed by atoms with E-state index in [0.717, 1.165) is 22.6 Å². The van der Waals surface area contributed by atoms with Crippen molar-refractivity contribution in [1.29, 1.82) is 0 Å². The summed E-state index contributed by atoms with van der Waals surface area (Å²) in [6.45, 7) is 0. The maximum atomic E-state index is 5.79. The molecule has 0 fully saturated rings. The fourth-order valence-corrected chi connectivity index (χ4v) is 2.28. The predicted molar refractivity (Wildman–Crippen MR) is 82.6 cm³/mol. The van der Waals surface area contributed by atoms with Crippen LogP contribution in [-0.2, 0) is 10.3 Å². The van der Waals surface area contributed by atoms with E-state index in [1.165, 1.54) is 0 Å². The van der Waals surface area contributed by atoms with E-state index in [0.29, 0.717) is 0 Å². The summed E-state index contributed by atoms with van der Waals surface area (Å²) < 4.78 is 16.0. The first kappa shape index (κ1) is 15.0. The molecule has 0 saturated heterocycles. The molecule has 0 aliphatic carbocycles. The summed E-state index contributed by atoms with van der Waals surface area (Å²) in [7, 11) is 4.86. The van der Waals surface area contributed by atoms with Gasteiger partial charge in [0.15, 0.2) is 5.60 Å². The second-order valence-electron chi connectivity index (χ2n) is 4.49. The van der Waals surface area contributed by atoms with E-state index in [9.17, 15) is 0 Å². The third-order valence-corrected chi connectivity index (χ3v) is 3.50. The normalized spacial score (nSPS) is 10.8. The largest absolute Gasteiger partial charge is 0.497 e. The topological polar surface area (TPSA) is 27.7 Å². The van der Waals surface area contributed by atoms with Crippen molar-refractivity contribution < 1.29 is 14.2 Å². The molecular formula is C18H18O3. The van der Waals surface area contributed by atoms with Gasteiger partial charge in [0.1, 0.15) is 11.5 Å². The summed E-state index contributed by atoms with van der Waals surface area (Å²) in [5.41, 5.74) is 0.815. The van der Waals surface area contributed by atoms with Crippen LogP contribution in [0.15, 0.2) is 48.5 Å². The Balaban J connectivity index is 2.50. The fraction of sp³-hybridized carbons (Fsp3) is 0.222. The highest BCUT2D eigenvalue weighted by atomic mass is 16.5. The molecule has 0 aliphatic rings. The Labute approximate surface area is 125 Å². The average Bonchev–Trinajstić information content (AvgIpc) is 2.57. The zero-order valence-corrected chi connectivity index (χ0v) is 12.4. The third kappa shape index (κ3) is 2.72. The SMILES string of the molecule is C#CC(OC)(c1ccc(OC)cc1)c1ccc(OC)cc1. The number of rotatable bonds is 5. The van der Waals surface area contributed by atoms with Gasteiger partial charge in [0.05, 0.1) is 14.2 Å². The minimum absolute atomic E-state index is 0.774. The molecule has 3 heteroatoms. The van der Waals surface area contributed by atoms with Gasteiger partial charge in [-0.3, -0.25) is 0 Å². The minimum atomic E-state index is -0.932. The van der Waals surface area contributed by atoms with Crippen LogP contribution in [0.3, 0.4) is 0 Å². The summed E-state index contributed by atoms with van der Waals surface area (Å²) >= 11 is 0. The molecule has 0 saturated carbocycles. The molecule has 0 N–H and O–H groups in total. The zero-order chi connectivity index (χ0) is 15.3. The fourth-order valence-electron chi connectivity index (χ4n) is 2.28. The van der Waals surface area contributed by atoms with Crippen LogP contribution in [0.2, 0.25) is 0 Å². The van der Waals surface area contributed by atoms with E-state index in [4.69, 9.17) is 20.6 Å². The van der Waals surface area contributed by atoms with Crippen molar-refractivity contribution in [2.45, 2.75) is 5.60 Å². The Bertz CT molecular complexity index is 574. The van der Waals surface area contributed by atoms with Gasteiger partial charge in [0.2, 0.25) is 0 Å². The summed E-state index contributed by atoms with van der Waals surface area (Å²) in [6, 6.07) is 15.1. The summed E-state index contributed by atoms with van der Waals surface area (Å²) in [5.74, 6) is 4.32. The number of terminal acetylenes is 1. The lowest BCUT2D eigenvalue weighted by Gasteiger charge is -2.28. The number of hydrogen-bond acceptors (Lipinski definition) is 3. The van der Waals surface area contributed by atoms with Crippen molar-refractivity contribution in [3.05, 3.63) is 59.7 Å². The quantitative estimate of drug-likeness (QED) is 0.788. The number of hydrogen-bond donors (Lipinski definition) is 0.